The van der Waals surface area contributed by atoms with Crippen molar-refractivity contribution in [3.05, 3.63) is 29.3 Å². The van der Waals surface area contributed by atoms with Crippen LogP contribution in [0.1, 0.15) is 24.1 Å². The standard InChI is InChI=1S/C10H15NO2/c1-7(11)9-5-8(6-12)3-4-10(9)13-2/h3-5,7,12H,6,11H2,1-2H3. The lowest BCUT2D eigenvalue weighted by atomic mass is 10.0. The van der Waals surface area contributed by atoms with Crippen LogP contribution in [0, 0.1) is 0 Å². The normalized spacial score (nSPS) is 12.6. The number of benzene rings is 1. The lowest BCUT2D eigenvalue weighted by molar-refractivity contribution is 0.281. The van der Waals surface area contributed by atoms with Crippen LogP contribution in [0.25, 0.3) is 0 Å². The van der Waals surface area contributed by atoms with Gasteiger partial charge in [-0.3, -0.25) is 0 Å². The highest BCUT2D eigenvalue weighted by Gasteiger charge is 2.07. The van der Waals surface area contributed by atoms with E-state index >= 15 is 0 Å². The summed E-state index contributed by atoms with van der Waals surface area (Å²) in [5.74, 6) is 0.771. The van der Waals surface area contributed by atoms with E-state index in [0.717, 1.165) is 16.9 Å². The van der Waals surface area contributed by atoms with Crippen LogP contribution in [-0.4, -0.2) is 12.2 Å². The maximum absolute atomic E-state index is 8.93. The van der Waals surface area contributed by atoms with Crippen molar-refractivity contribution < 1.29 is 9.84 Å². The highest BCUT2D eigenvalue weighted by atomic mass is 16.5. The maximum atomic E-state index is 8.93. The summed E-state index contributed by atoms with van der Waals surface area (Å²) in [6.45, 7) is 1.92. The molecule has 0 bridgehead atoms. The zero-order valence-corrected chi connectivity index (χ0v) is 7.95. The number of aliphatic hydroxyl groups excluding tert-OH is 1. The molecule has 0 radical (unpaired) electrons. The molecule has 0 aliphatic heterocycles. The van der Waals surface area contributed by atoms with Crippen molar-refractivity contribution >= 4 is 0 Å². The molecule has 0 aromatic heterocycles. The van der Waals surface area contributed by atoms with Gasteiger partial charge in [-0.1, -0.05) is 6.07 Å². The molecule has 3 heteroatoms. The van der Waals surface area contributed by atoms with Crippen molar-refractivity contribution in [1.82, 2.24) is 0 Å². The second-order valence-corrected chi connectivity index (χ2v) is 3.02. The first-order valence-electron chi connectivity index (χ1n) is 4.22. The Balaban J connectivity index is 3.10. The van der Waals surface area contributed by atoms with Crippen molar-refractivity contribution in [3.8, 4) is 5.75 Å². The Hall–Kier alpha value is -1.06. The van der Waals surface area contributed by atoms with Gasteiger partial charge in [-0.25, -0.2) is 0 Å². The van der Waals surface area contributed by atoms with Gasteiger partial charge in [0.15, 0.2) is 0 Å². The zero-order chi connectivity index (χ0) is 9.84. The lowest BCUT2D eigenvalue weighted by Gasteiger charge is -2.12. The molecule has 1 aromatic rings. The molecule has 0 fully saturated rings. The Kier molecular flexibility index (Phi) is 3.28. The second kappa shape index (κ2) is 4.25. The van der Waals surface area contributed by atoms with Crippen LogP contribution < -0.4 is 10.5 Å². The molecule has 0 saturated heterocycles. The SMILES string of the molecule is COc1ccc(CO)cc1C(C)N. The summed E-state index contributed by atoms with van der Waals surface area (Å²) in [6, 6.07) is 5.43. The first-order valence-corrected chi connectivity index (χ1v) is 4.22. The second-order valence-electron chi connectivity index (χ2n) is 3.02. The molecule has 0 aliphatic carbocycles. The molecule has 1 aromatic carbocycles. The van der Waals surface area contributed by atoms with Gasteiger partial charge >= 0.3 is 0 Å². The average Bonchev–Trinajstić information content (AvgIpc) is 2.16. The third-order valence-corrected chi connectivity index (χ3v) is 1.97. The van der Waals surface area contributed by atoms with Crippen LogP contribution in [0.3, 0.4) is 0 Å². The molecule has 0 spiro atoms. The molecule has 3 nitrogen and oxygen atoms in total. The molecule has 1 rings (SSSR count). The fourth-order valence-corrected chi connectivity index (χ4v) is 1.24. The molecular formula is C10H15NO2. The van der Waals surface area contributed by atoms with E-state index in [0.29, 0.717) is 0 Å². The number of nitrogens with two attached hydrogens (primary N) is 1. The molecule has 0 amide bonds. The Labute approximate surface area is 78.1 Å². The van der Waals surface area contributed by atoms with Gasteiger partial charge < -0.3 is 15.6 Å². The summed E-state index contributed by atoms with van der Waals surface area (Å²) in [6.07, 6.45) is 0. The van der Waals surface area contributed by atoms with Crippen molar-refractivity contribution in [2.45, 2.75) is 19.6 Å². The number of hydrogen-bond acceptors (Lipinski definition) is 3. The van der Waals surface area contributed by atoms with Gasteiger partial charge in [-0.2, -0.15) is 0 Å². The van der Waals surface area contributed by atoms with Gasteiger partial charge in [-0.05, 0) is 24.6 Å². The molecule has 3 N–H and O–H groups in total. The van der Waals surface area contributed by atoms with Crippen LogP contribution in [0.5, 0.6) is 5.75 Å². The summed E-state index contributed by atoms with van der Waals surface area (Å²) in [5.41, 5.74) is 7.53. The van der Waals surface area contributed by atoms with Gasteiger partial charge in [-0.15, -0.1) is 0 Å². The zero-order valence-electron chi connectivity index (χ0n) is 7.95. The molecule has 0 heterocycles. The predicted molar refractivity (Wildman–Crippen MR) is 51.5 cm³/mol. The average molecular weight is 181 g/mol. The Morgan fingerprint density at radius 2 is 2.23 bits per heavy atom. The number of ether oxygens (including phenoxy) is 1. The van der Waals surface area contributed by atoms with E-state index in [4.69, 9.17) is 15.6 Å². The highest BCUT2D eigenvalue weighted by Crippen LogP contribution is 2.24. The minimum Gasteiger partial charge on any atom is -0.496 e. The number of aliphatic hydroxyl groups is 1. The Bertz CT molecular complexity index is 284. The Morgan fingerprint density at radius 3 is 2.69 bits per heavy atom. The van der Waals surface area contributed by atoms with E-state index in [1.165, 1.54) is 0 Å². The lowest BCUT2D eigenvalue weighted by Crippen LogP contribution is -2.07. The molecule has 1 atom stereocenters. The van der Waals surface area contributed by atoms with Crippen LogP contribution in [0.15, 0.2) is 18.2 Å². The van der Waals surface area contributed by atoms with Crippen LogP contribution in [0.4, 0.5) is 0 Å². The monoisotopic (exact) mass is 181 g/mol. The molecule has 13 heavy (non-hydrogen) atoms. The number of hydrogen-bond donors (Lipinski definition) is 2. The topological polar surface area (TPSA) is 55.5 Å². The third kappa shape index (κ3) is 2.20. The number of methoxy groups -OCH3 is 1. The first kappa shape index (κ1) is 10.0. The minimum absolute atomic E-state index is 0.0315. The van der Waals surface area contributed by atoms with Crippen LogP contribution in [-0.2, 0) is 6.61 Å². The largest absolute Gasteiger partial charge is 0.496 e. The molecular weight excluding hydrogens is 166 g/mol. The summed E-state index contributed by atoms with van der Waals surface area (Å²) >= 11 is 0. The summed E-state index contributed by atoms with van der Waals surface area (Å²) in [7, 11) is 1.61. The number of rotatable bonds is 3. The van der Waals surface area contributed by atoms with Crippen molar-refractivity contribution in [2.75, 3.05) is 7.11 Å². The smallest absolute Gasteiger partial charge is 0.123 e. The van der Waals surface area contributed by atoms with Gasteiger partial charge in [0.25, 0.3) is 0 Å². The molecule has 72 valence electrons. The highest BCUT2D eigenvalue weighted by molar-refractivity contribution is 5.38. The summed E-state index contributed by atoms with van der Waals surface area (Å²) in [5, 5.41) is 8.93. The molecule has 1 unspecified atom stereocenters. The third-order valence-electron chi connectivity index (χ3n) is 1.97. The van der Waals surface area contributed by atoms with Gasteiger partial charge in [0.05, 0.1) is 13.7 Å². The van der Waals surface area contributed by atoms with Gasteiger partial charge in [0, 0.05) is 11.6 Å². The maximum Gasteiger partial charge on any atom is 0.123 e. The van der Waals surface area contributed by atoms with Crippen molar-refractivity contribution in [1.29, 1.82) is 0 Å². The fourth-order valence-electron chi connectivity index (χ4n) is 1.24. The fraction of sp³-hybridized carbons (Fsp3) is 0.400. The Morgan fingerprint density at radius 1 is 1.54 bits per heavy atom. The van der Waals surface area contributed by atoms with Crippen molar-refractivity contribution in [2.24, 2.45) is 5.73 Å². The summed E-state index contributed by atoms with van der Waals surface area (Å²) in [4.78, 5) is 0. The van der Waals surface area contributed by atoms with E-state index in [1.54, 1.807) is 7.11 Å². The molecule has 0 saturated carbocycles. The van der Waals surface area contributed by atoms with E-state index in [1.807, 2.05) is 25.1 Å². The van der Waals surface area contributed by atoms with Crippen molar-refractivity contribution in [3.63, 3.8) is 0 Å². The first-order chi connectivity index (χ1) is 6.19. The van der Waals surface area contributed by atoms with E-state index in [2.05, 4.69) is 0 Å². The molecule has 0 aliphatic rings. The van der Waals surface area contributed by atoms with Gasteiger partial charge in [0.1, 0.15) is 5.75 Å². The van der Waals surface area contributed by atoms with E-state index < -0.39 is 0 Å². The van der Waals surface area contributed by atoms with Crippen LogP contribution in [0.2, 0.25) is 0 Å². The quantitative estimate of drug-likeness (QED) is 0.736. The minimum atomic E-state index is -0.0820. The van der Waals surface area contributed by atoms with E-state index in [9.17, 15) is 0 Å². The van der Waals surface area contributed by atoms with Gasteiger partial charge in [0.2, 0.25) is 0 Å². The van der Waals surface area contributed by atoms with Crippen LogP contribution >= 0.6 is 0 Å². The summed E-state index contributed by atoms with van der Waals surface area (Å²) < 4.78 is 5.14. The van der Waals surface area contributed by atoms with E-state index in [-0.39, 0.29) is 12.6 Å². The predicted octanol–water partition coefficient (Wildman–Crippen LogP) is 1.21.